The first-order valence-electron chi connectivity index (χ1n) is 7.86. The molecule has 2 rings (SSSR count). The van der Waals surface area contributed by atoms with Gasteiger partial charge < -0.3 is 20.6 Å². The number of nitrogens with two attached hydrogens (primary N) is 1. The van der Waals surface area contributed by atoms with Gasteiger partial charge in [0, 0.05) is 19.6 Å². The molecule has 2 aliphatic rings. The molecule has 0 bridgehead atoms. The van der Waals surface area contributed by atoms with Crippen molar-refractivity contribution in [3.8, 4) is 0 Å². The molecule has 0 saturated carbocycles. The third kappa shape index (κ3) is 3.30. The summed E-state index contributed by atoms with van der Waals surface area (Å²) in [5.41, 5.74) is 5.66. The Morgan fingerprint density at radius 3 is 2.50 bits per heavy atom. The van der Waals surface area contributed by atoms with Crippen LogP contribution in [0.2, 0.25) is 0 Å². The predicted octanol–water partition coefficient (Wildman–Crippen LogP) is -0.877. The van der Waals surface area contributed by atoms with Crippen molar-refractivity contribution in [2.24, 2.45) is 11.7 Å². The second kappa shape index (κ2) is 6.75. The number of ketones is 1. The Hall–Kier alpha value is -1.47. The number of Topliss-reactive ketones (excluding diaryl/α,β-unsaturated/α-hetero) is 1. The van der Waals surface area contributed by atoms with Gasteiger partial charge in [-0.15, -0.1) is 0 Å². The van der Waals surface area contributed by atoms with E-state index in [0.717, 1.165) is 12.8 Å². The number of carbonyl (C=O) groups excluding carboxylic acids is 3. The van der Waals surface area contributed by atoms with Crippen molar-refractivity contribution in [3.05, 3.63) is 0 Å². The highest BCUT2D eigenvalue weighted by Crippen LogP contribution is 2.25. The van der Waals surface area contributed by atoms with E-state index < -0.39 is 12.1 Å². The number of aliphatic hydroxyl groups is 1. The molecule has 0 aliphatic carbocycles. The normalized spacial score (nSPS) is 27.8. The van der Waals surface area contributed by atoms with E-state index in [2.05, 4.69) is 0 Å². The molecule has 2 saturated heterocycles. The van der Waals surface area contributed by atoms with Crippen molar-refractivity contribution in [2.75, 3.05) is 19.6 Å². The van der Waals surface area contributed by atoms with E-state index in [-0.39, 0.29) is 29.6 Å². The summed E-state index contributed by atoms with van der Waals surface area (Å²) in [6.07, 6.45) is 1.24. The lowest BCUT2D eigenvalue weighted by Gasteiger charge is -2.26. The van der Waals surface area contributed by atoms with E-state index in [0.29, 0.717) is 26.1 Å². The lowest BCUT2D eigenvalue weighted by atomic mass is 10.1. The first-order chi connectivity index (χ1) is 10.3. The summed E-state index contributed by atoms with van der Waals surface area (Å²) >= 11 is 0. The standard InChI is InChI=1S/C15H25N3O4/c1-9(19)12-4-3-6-18(12)14(21)11-5-7-17(8-11)15(22)13(16)10(2)20/h10-13,20H,3-8,16H2,1-2H3/t10-,11+,12-,13+/m1/s1. The highest BCUT2D eigenvalue weighted by molar-refractivity contribution is 5.90. The molecule has 22 heavy (non-hydrogen) atoms. The highest BCUT2D eigenvalue weighted by Gasteiger charge is 2.40. The number of rotatable bonds is 4. The van der Waals surface area contributed by atoms with Crippen molar-refractivity contribution >= 4 is 17.6 Å². The number of aliphatic hydroxyl groups excluding tert-OH is 1. The van der Waals surface area contributed by atoms with Crippen LogP contribution in [0, 0.1) is 5.92 Å². The molecule has 7 nitrogen and oxygen atoms in total. The zero-order valence-corrected chi connectivity index (χ0v) is 13.2. The zero-order valence-electron chi connectivity index (χ0n) is 13.2. The molecule has 4 atom stereocenters. The second-order valence-corrected chi connectivity index (χ2v) is 6.34. The van der Waals surface area contributed by atoms with Gasteiger partial charge in [0.25, 0.3) is 0 Å². The second-order valence-electron chi connectivity index (χ2n) is 6.34. The third-order valence-corrected chi connectivity index (χ3v) is 4.66. The largest absolute Gasteiger partial charge is 0.391 e. The van der Waals surface area contributed by atoms with E-state index in [1.807, 2.05) is 0 Å². The number of likely N-dealkylation sites (tertiary alicyclic amines) is 2. The van der Waals surface area contributed by atoms with Crippen molar-refractivity contribution < 1.29 is 19.5 Å². The predicted molar refractivity (Wildman–Crippen MR) is 79.8 cm³/mol. The Balaban J connectivity index is 1.96. The van der Waals surface area contributed by atoms with Gasteiger partial charge in [-0.2, -0.15) is 0 Å². The van der Waals surface area contributed by atoms with Crippen LogP contribution in [0.5, 0.6) is 0 Å². The summed E-state index contributed by atoms with van der Waals surface area (Å²) in [4.78, 5) is 39.5. The van der Waals surface area contributed by atoms with Gasteiger partial charge in [0.2, 0.25) is 11.8 Å². The Kier molecular flexibility index (Phi) is 5.18. The minimum Gasteiger partial charge on any atom is -0.391 e. The smallest absolute Gasteiger partial charge is 0.242 e. The number of hydrogen-bond acceptors (Lipinski definition) is 5. The lowest BCUT2D eigenvalue weighted by molar-refractivity contribution is -0.140. The van der Waals surface area contributed by atoms with Gasteiger partial charge in [0.05, 0.1) is 18.1 Å². The minimum atomic E-state index is -0.953. The lowest BCUT2D eigenvalue weighted by Crippen LogP contribution is -2.49. The van der Waals surface area contributed by atoms with Gasteiger partial charge in [0.15, 0.2) is 5.78 Å². The van der Waals surface area contributed by atoms with Crippen LogP contribution in [0.15, 0.2) is 0 Å². The molecule has 3 N–H and O–H groups in total. The number of hydrogen-bond donors (Lipinski definition) is 2. The molecule has 7 heteroatoms. The Morgan fingerprint density at radius 1 is 1.23 bits per heavy atom. The zero-order chi connectivity index (χ0) is 16.4. The van der Waals surface area contributed by atoms with Gasteiger partial charge in [0.1, 0.15) is 6.04 Å². The van der Waals surface area contributed by atoms with Crippen LogP contribution in [-0.2, 0) is 14.4 Å². The van der Waals surface area contributed by atoms with Gasteiger partial charge in [-0.1, -0.05) is 0 Å². The summed E-state index contributed by atoms with van der Waals surface area (Å²) in [5, 5.41) is 9.41. The molecule has 124 valence electrons. The summed E-state index contributed by atoms with van der Waals surface area (Å²) < 4.78 is 0. The molecule has 0 aromatic heterocycles. The van der Waals surface area contributed by atoms with Crippen molar-refractivity contribution in [3.63, 3.8) is 0 Å². The van der Waals surface area contributed by atoms with Gasteiger partial charge in [-0.05, 0) is 33.1 Å². The molecule has 2 amide bonds. The van der Waals surface area contributed by atoms with Crippen molar-refractivity contribution in [2.45, 2.75) is 51.3 Å². The van der Waals surface area contributed by atoms with E-state index >= 15 is 0 Å². The van der Waals surface area contributed by atoms with Gasteiger partial charge >= 0.3 is 0 Å². The molecular weight excluding hydrogens is 286 g/mol. The Labute approximate surface area is 130 Å². The average Bonchev–Trinajstić information content (AvgIpc) is 3.13. The Bertz CT molecular complexity index is 466. The van der Waals surface area contributed by atoms with Crippen LogP contribution in [0.25, 0.3) is 0 Å². The van der Waals surface area contributed by atoms with Crippen molar-refractivity contribution in [1.82, 2.24) is 9.80 Å². The van der Waals surface area contributed by atoms with Crippen LogP contribution in [0.4, 0.5) is 0 Å². The quantitative estimate of drug-likeness (QED) is 0.702. The molecule has 2 heterocycles. The van der Waals surface area contributed by atoms with E-state index in [9.17, 15) is 19.5 Å². The summed E-state index contributed by atoms with van der Waals surface area (Å²) in [6, 6.07) is -1.26. The topological polar surface area (TPSA) is 104 Å². The summed E-state index contributed by atoms with van der Waals surface area (Å²) in [6.45, 7) is 4.39. The fourth-order valence-corrected chi connectivity index (χ4v) is 3.27. The Morgan fingerprint density at radius 2 is 1.91 bits per heavy atom. The first kappa shape index (κ1) is 16.9. The third-order valence-electron chi connectivity index (χ3n) is 4.66. The number of nitrogens with zero attached hydrogens (tertiary/aromatic N) is 2. The highest BCUT2D eigenvalue weighted by atomic mass is 16.3. The first-order valence-corrected chi connectivity index (χ1v) is 7.86. The van der Waals surface area contributed by atoms with Crippen LogP contribution in [0.1, 0.15) is 33.1 Å². The maximum atomic E-state index is 12.6. The molecule has 0 aromatic carbocycles. The van der Waals surface area contributed by atoms with Crippen LogP contribution in [0.3, 0.4) is 0 Å². The number of amides is 2. The van der Waals surface area contributed by atoms with E-state index in [4.69, 9.17) is 5.73 Å². The number of carbonyl (C=O) groups is 3. The fraction of sp³-hybridized carbons (Fsp3) is 0.800. The van der Waals surface area contributed by atoms with Crippen LogP contribution < -0.4 is 5.73 Å². The SMILES string of the molecule is CC(=O)[C@H]1CCCN1C(=O)[C@H]1CCN(C(=O)[C@@H](N)[C@@H](C)O)C1. The molecular formula is C15H25N3O4. The molecule has 0 aromatic rings. The van der Waals surface area contributed by atoms with Gasteiger partial charge in [-0.25, -0.2) is 0 Å². The van der Waals surface area contributed by atoms with Crippen LogP contribution in [-0.4, -0.2) is 70.3 Å². The van der Waals surface area contributed by atoms with Gasteiger partial charge in [-0.3, -0.25) is 14.4 Å². The van der Waals surface area contributed by atoms with Crippen LogP contribution >= 0.6 is 0 Å². The van der Waals surface area contributed by atoms with E-state index in [1.54, 1.807) is 9.80 Å². The summed E-state index contributed by atoms with van der Waals surface area (Å²) in [7, 11) is 0. The fourth-order valence-electron chi connectivity index (χ4n) is 3.27. The average molecular weight is 311 g/mol. The molecule has 0 radical (unpaired) electrons. The van der Waals surface area contributed by atoms with Crippen molar-refractivity contribution in [1.29, 1.82) is 0 Å². The van der Waals surface area contributed by atoms with E-state index in [1.165, 1.54) is 13.8 Å². The molecule has 2 fully saturated rings. The molecule has 0 spiro atoms. The maximum Gasteiger partial charge on any atom is 0.242 e. The molecule has 2 aliphatic heterocycles. The maximum absolute atomic E-state index is 12.6. The minimum absolute atomic E-state index is 0.0212. The summed E-state index contributed by atoms with van der Waals surface area (Å²) in [5.74, 6) is -0.619. The molecule has 0 unspecified atom stereocenters. The monoisotopic (exact) mass is 311 g/mol.